The molecular formula is C17H16N2O3. The van der Waals surface area contributed by atoms with Crippen LogP contribution in [0, 0.1) is 0 Å². The maximum atomic E-state index is 12.0. The molecule has 2 bridgehead atoms. The number of carboxylic acid groups (broad SMARTS) is 1. The summed E-state index contributed by atoms with van der Waals surface area (Å²) in [6, 6.07) is 8.35. The molecule has 0 spiro atoms. The highest BCUT2D eigenvalue weighted by Gasteiger charge is 2.33. The fourth-order valence-corrected chi connectivity index (χ4v) is 3.61. The van der Waals surface area contributed by atoms with Crippen molar-refractivity contribution in [2.24, 2.45) is 0 Å². The maximum absolute atomic E-state index is 12.0. The monoisotopic (exact) mass is 296 g/mol. The number of nitrogens with one attached hydrogen (secondary N) is 1. The molecule has 3 aliphatic rings. The van der Waals surface area contributed by atoms with Gasteiger partial charge in [0.2, 0.25) is 5.56 Å². The Balaban J connectivity index is 1.89. The first kappa shape index (κ1) is 13.1. The summed E-state index contributed by atoms with van der Waals surface area (Å²) in [5.74, 6) is -0.506. The Bertz CT molecular complexity index is 800. The number of aromatic carboxylic acids is 1. The molecule has 0 saturated carbocycles. The number of hydrogen-bond acceptors (Lipinski definition) is 3. The van der Waals surface area contributed by atoms with E-state index in [9.17, 15) is 9.59 Å². The number of benzene rings is 1. The Hall–Kier alpha value is -2.56. The largest absolute Gasteiger partial charge is 0.478 e. The highest BCUT2D eigenvalue weighted by molar-refractivity contribution is 5.89. The zero-order valence-corrected chi connectivity index (χ0v) is 12.0. The second-order valence-corrected chi connectivity index (χ2v) is 5.95. The minimum Gasteiger partial charge on any atom is -0.478 e. The van der Waals surface area contributed by atoms with E-state index < -0.39 is 5.97 Å². The molecule has 0 radical (unpaired) electrons. The Labute approximate surface area is 127 Å². The Morgan fingerprint density at radius 3 is 2.50 bits per heavy atom. The molecule has 5 heteroatoms. The van der Waals surface area contributed by atoms with Crippen molar-refractivity contribution in [2.45, 2.75) is 18.8 Å². The molecule has 2 aromatic rings. The second-order valence-electron chi connectivity index (χ2n) is 5.95. The molecule has 5 rings (SSSR count). The van der Waals surface area contributed by atoms with Gasteiger partial charge in [-0.1, -0.05) is 12.1 Å². The van der Waals surface area contributed by atoms with Crippen molar-refractivity contribution >= 4 is 11.7 Å². The van der Waals surface area contributed by atoms with Crippen LogP contribution in [0.1, 0.15) is 34.8 Å². The summed E-state index contributed by atoms with van der Waals surface area (Å²) in [7, 11) is 0. The van der Waals surface area contributed by atoms with Gasteiger partial charge in [0.25, 0.3) is 0 Å². The van der Waals surface area contributed by atoms with E-state index in [4.69, 9.17) is 5.11 Å². The van der Waals surface area contributed by atoms with Crippen molar-refractivity contribution in [1.29, 1.82) is 0 Å². The molecule has 1 aromatic heterocycles. The first-order chi connectivity index (χ1) is 10.6. The number of piperidine rings is 1. The van der Waals surface area contributed by atoms with E-state index in [1.807, 2.05) is 0 Å². The van der Waals surface area contributed by atoms with Gasteiger partial charge in [0.05, 0.1) is 11.3 Å². The van der Waals surface area contributed by atoms with Crippen LogP contribution in [0.2, 0.25) is 0 Å². The number of carboxylic acids is 1. The number of anilines is 1. The van der Waals surface area contributed by atoms with Crippen molar-refractivity contribution in [2.75, 3.05) is 18.0 Å². The van der Waals surface area contributed by atoms with Gasteiger partial charge in [0, 0.05) is 36.3 Å². The van der Waals surface area contributed by atoms with Crippen LogP contribution in [0.5, 0.6) is 0 Å². The topological polar surface area (TPSA) is 73.4 Å². The van der Waals surface area contributed by atoms with Gasteiger partial charge in [-0.15, -0.1) is 0 Å². The summed E-state index contributed by atoms with van der Waals surface area (Å²) in [6.07, 6.45) is 2.18. The van der Waals surface area contributed by atoms with Crippen LogP contribution in [-0.2, 0) is 0 Å². The van der Waals surface area contributed by atoms with Crippen LogP contribution < -0.4 is 10.5 Å². The summed E-state index contributed by atoms with van der Waals surface area (Å²) in [5, 5.41) is 9.01. The summed E-state index contributed by atoms with van der Waals surface area (Å²) in [5.41, 5.74) is 4.11. The maximum Gasteiger partial charge on any atom is 0.335 e. The first-order valence-electron chi connectivity index (χ1n) is 7.49. The van der Waals surface area contributed by atoms with Crippen molar-refractivity contribution < 1.29 is 9.90 Å². The normalized spacial score (nSPS) is 16.6. The van der Waals surface area contributed by atoms with Gasteiger partial charge >= 0.3 is 5.97 Å². The fourth-order valence-electron chi connectivity index (χ4n) is 3.61. The van der Waals surface area contributed by atoms with Gasteiger partial charge in [0.1, 0.15) is 0 Å². The molecule has 1 aromatic carbocycles. The SMILES string of the molecule is O=C(O)c1ccc(-c2cc(=O)[nH]c3c2N2CCC3CC2)cc1. The number of pyridine rings is 1. The van der Waals surface area contributed by atoms with Crippen molar-refractivity contribution in [3.8, 4) is 11.1 Å². The summed E-state index contributed by atoms with van der Waals surface area (Å²) in [4.78, 5) is 28.3. The number of rotatable bonds is 2. The van der Waals surface area contributed by atoms with E-state index in [2.05, 4.69) is 9.88 Å². The Morgan fingerprint density at radius 1 is 1.18 bits per heavy atom. The molecule has 3 aliphatic heterocycles. The van der Waals surface area contributed by atoms with E-state index in [0.717, 1.165) is 48.4 Å². The molecule has 5 nitrogen and oxygen atoms in total. The highest BCUT2D eigenvalue weighted by atomic mass is 16.4. The number of fused-ring (bicyclic) bond motifs is 2. The first-order valence-corrected chi connectivity index (χ1v) is 7.49. The number of nitrogens with zero attached hydrogens (tertiary/aromatic N) is 1. The average molecular weight is 296 g/mol. The summed E-state index contributed by atoms with van der Waals surface area (Å²) >= 11 is 0. The van der Waals surface area contributed by atoms with E-state index >= 15 is 0 Å². The Morgan fingerprint density at radius 2 is 1.86 bits per heavy atom. The molecule has 4 heterocycles. The lowest BCUT2D eigenvalue weighted by Crippen LogP contribution is -2.40. The van der Waals surface area contributed by atoms with Crippen LogP contribution >= 0.6 is 0 Å². The molecule has 0 aliphatic carbocycles. The molecule has 0 amide bonds. The number of hydrogen-bond donors (Lipinski definition) is 2. The van der Waals surface area contributed by atoms with Crippen molar-refractivity contribution in [3.63, 3.8) is 0 Å². The minimum absolute atomic E-state index is 0.0928. The van der Waals surface area contributed by atoms with E-state index in [1.165, 1.54) is 0 Å². The van der Waals surface area contributed by atoms with Gasteiger partial charge in [-0.25, -0.2) is 4.79 Å². The predicted octanol–water partition coefficient (Wildman–Crippen LogP) is 2.44. The number of carbonyl (C=O) groups is 1. The molecule has 22 heavy (non-hydrogen) atoms. The zero-order chi connectivity index (χ0) is 15.3. The lowest BCUT2D eigenvalue weighted by Gasteiger charge is -2.42. The van der Waals surface area contributed by atoms with Crippen molar-refractivity contribution in [1.82, 2.24) is 4.98 Å². The summed E-state index contributed by atoms with van der Waals surface area (Å²) in [6.45, 7) is 2.04. The predicted molar refractivity (Wildman–Crippen MR) is 83.6 cm³/mol. The van der Waals surface area contributed by atoms with Gasteiger partial charge in [0.15, 0.2) is 0 Å². The highest BCUT2D eigenvalue weighted by Crippen LogP contribution is 2.45. The molecule has 0 unspecified atom stereocenters. The number of H-pyrrole nitrogens is 1. The third-order valence-electron chi connectivity index (χ3n) is 4.71. The summed E-state index contributed by atoms with van der Waals surface area (Å²) < 4.78 is 0. The van der Waals surface area contributed by atoms with Crippen LogP contribution in [0.4, 0.5) is 5.69 Å². The van der Waals surface area contributed by atoms with Crippen LogP contribution in [0.25, 0.3) is 11.1 Å². The lowest BCUT2D eigenvalue weighted by atomic mass is 9.84. The molecule has 1 fully saturated rings. The number of aromatic nitrogens is 1. The van der Waals surface area contributed by atoms with E-state index in [0.29, 0.717) is 5.92 Å². The zero-order valence-electron chi connectivity index (χ0n) is 12.0. The quantitative estimate of drug-likeness (QED) is 0.892. The van der Waals surface area contributed by atoms with Gasteiger partial charge in [-0.05, 0) is 30.5 Å². The molecule has 1 saturated heterocycles. The molecule has 0 atom stereocenters. The molecule has 2 N–H and O–H groups in total. The minimum atomic E-state index is -0.942. The van der Waals surface area contributed by atoms with Gasteiger partial charge < -0.3 is 15.0 Å². The third-order valence-corrected chi connectivity index (χ3v) is 4.71. The molecular weight excluding hydrogens is 280 g/mol. The van der Waals surface area contributed by atoms with Crippen molar-refractivity contribution in [3.05, 3.63) is 51.9 Å². The van der Waals surface area contributed by atoms with E-state index in [1.54, 1.807) is 30.3 Å². The van der Waals surface area contributed by atoms with Crippen LogP contribution in [0.3, 0.4) is 0 Å². The fraction of sp³-hybridized carbons (Fsp3) is 0.294. The Kier molecular flexibility index (Phi) is 2.82. The van der Waals surface area contributed by atoms with Gasteiger partial charge in [-0.2, -0.15) is 0 Å². The third kappa shape index (κ3) is 1.93. The second kappa shape index (κ2) is 4.73. The molecule has 112 valence electrons. The lowest BCUT2D eigenvalue weighted by molar-refractivity contribution is 0.0697. The van der Waals surface area contributed by atoms with Gasteiger partial charge in [-0.3, -0.25) is 4.79 Å². The standard InChI is InChI=1S/C17H16N2O3/c20-14-9-13(10-1-3-12(4-2-10)17(21)22)16-15(18-14)11-5-7-19(16)8-6-11/h1-4,9,11H,5-8H2,(H,18,20)(H,21,22). The number of aromatic amines is 1. The van der Waals surface area contributed by atoms with Crippen LogP contribution in [-0.4, -0.2) is 29.1 Å². The average Bonchev–Trinajstić information content (AvgIpc) is 2.55. The van der Waals surface area contributed by atoms with E-state index in [-0.39, 0.29) is 11.1 Å². The smallest absolute Gasteiger partial charge is 0.335 e. The van der Waals surface area contributed by atoms with Crippen LogP contribution in [0.15, 0.2) is 35.1 Å².